The zero-order valence-corrected chi connectivity index (χ0v) is 27.2. The van der Waals surface area contributed by atoms with E-state index in [0.717, 1.165) is 72.7 Å². The number of hydrogen-bond acceptors (Lipinski definition) is 4. The lowest BCUT2D eigenvalue weighted by atomic mass is 10.0. The third-order valence-corrected chi connectivity index (χ3v) is 9.19. The Labute approximate surface area is 284 Å². The number of aryl methyl sites for hydroxylation is 2. The summed E-state index contributed by atoms with van der Waals surface area (Å²) in [6, 6.07) is 45.2. The van der Waals surface area contributed by atoms with Crippen LogP contribution in [0.4, 0.5) is 0 Å². The molecule has 0 atom stereocenters. The molecular weight excluding hydrogens is 599 g/mol. The van der Waals surface area contributed by atoms with Gasteiger partial charge in [0.15, 0.2) is 0 Å². The Balaban J connectivity index is 1.21. The summed E-state index contributed by atoms with van der Waals surface area (Å²) in [5.74, 6) is 0. The van der Waals surface area contributed by atoms with E-state index in [0.29, 0.717) is 0 Å². The predicted molar refractivity (Wildman–Crippen MR) is 201 cm³/mol. The predicted octanol–water partition coefficient (Wildman–Crippen LogP) is 10.8. The summed E-state index contributed by atoms with van der Waals surface area (Å²) in [4.78, 5) is 18.9. The number of nitrogens with zero attached hydrogens (tertiary/aromatic N) is 5. The molecule has 0 bridgehead atoms. The number of fused-ring (bicyclic) bond motifs is 5. The van der Waals surface area contributed by atoms with Crippen LogP contribution < -0.4 is 0 Å². The maximum atomic E-state index is 5.08. The van der Waals surface area contributed by atoms with E-state index in [4.69, 9.17) is 9.97 Å². The monoisotopic (exact) mass is 629 g/mol. The van der Waals surface area contributed by atoms with E-state index in [2.05, 4.69) is 144 Å². The van der Waals surface area contributed by atoms with Gasteiger partial charge in [0.25, 0.3) is 0 Å². The van der Waals surface area contributed by atoms with Crippen molar-refractivity contribution in [2.45, 2.75) is 13.8 Å². The topological polar surface area (TPSA) is 56.5 Å². The first-order valence-electron chi connectivity index (χ1n) is 16.4. The van der Waals surface area contributed by atoms with E-state index >= 15 is 0 Å². The van der Waals surface area contributed by atoms with Gasteiger partial charge < -0.3 is 4.57 Å². The number of aromatic nitrogens is 5. The van der Waals surface area contributed by atoms with Gasteiger partial charge in [-0.1, -0.05) is 66.7 Å². The van der Waals surface area contributed by atoms with Gasteiger partial charge in [-0.05, 0) is 91.0 Å². The van der Waals surface area contributed by atoms with Crippen LogP contribution in [0.5, 0.6) is 0 Å². The highest BCUT2D eigenvalue weighted by molar-refractivity contribution is 6.19. The highest BCUT2D eigenvalue weighted by Crippen LogP contribution is 2.39. The van der Waals surface area contributed by atoms with Gasteiger partial charge in [0.2, 0.25) is 0 Å². The molecule has 5 aromatic heterocycles. The average molecular weight is 630 g/mol. The molecule has 0 N–H and O–H groups in total. The first-order valence-corrected chi connectivity index (χ1v) is 16.4. The fourth-order valence-corrected chi connectivity index (χ4v) is 6.90. The van der Waals surface area contributed by atoms with Gasteiger partial charge >= 0.3 is 0 Å². The van der Waals surface area contributed by atoms with Crippen molar-refractivity contribution in [1.82, 2.24) is 24.5 Å². The average Bonchev–Trinajstić information content (AvgIpc) is 3.49. The summed E-state index contributed by atoms with van der Waals surface area (Å²) < 4.78 is 2.40. The zero-order chi connectivity index (χ0) is 32.9. The third kappa shape index (κ3) is 5.13. The van der Waals surface area contributed by atoms with Crippen LogP contribution in [0.15, 0.2) is 152 Å². The lowest BCUT2D eigenvalue weighted by Crippen LogP contribution is -1.95. The standard InChI is InChI=1S/C44H31N5/c1-28-20-33(26-45-24-28)41-12-6-10-39(47-41)31-15-17-36-30(22-31)14-19-38-37-18-16-32(23-43(37)49(44(36)38)35-8-4-3-5-9-35)40-11-7-13-42(48-40)34-21-29(2)25-46-27-34/h3-27H,1-2H3. The molecular formula is C44H31N5. The molecule has 5 nitrogen and oxygen atoms in total. The summed E-state index contributed by atoms with van der Waals surface area (Å²) in [5.41, 5.74) is 13.5. The Morgan fingerprint density at radius 1 is 0.429 bits per heavy atom. The Bertz CT molecular complexity index is 2690. The molecule has 5 heterocycles. The minimum atomic E-state index is 0.912. The van der Waals surface area contributed by atoms with Crippen LogP contribution >= 0.6 is 0 Å². The van der Waals surface area contributed by atoms with Crippen LogP contribution in [0.25, 0.3) is 83.3 Å². The van der Waals surface area contributed by atoms with Gasteiger partial charge in [-0.25, -0.2) is 9.97 Å². The normalized spacial score (nSPS) is 11.5. The molecule has 0 saturated carbocycles. The van der Waals surface area contributed by atoms with Crippen molar-refractivity contribution < 1.29 is 0 Å². The van der Waals surface area contributed by atoms with Crippen molar-refractivity contribution in [1.29, 1.82) is 0 Å². The highest BCUT2D eigenvalue weighted by atomic mass is 15.0. The Hall–Kier alpha value is -6.46. The SMILES string of the molecule is Cc1cncc(-c2cccc(-c3ccc4c(ccc5c6ccc(-c7cccc(-c8cncc(C)c8)n7)cc6n(-c6ccccc6)c45)c3)n2)c1. The van der Waals surface area contributed by atoms with Gasteiger partial charge in [-0.3, -0.25) is 9.97 Å². The van der Waals surface area contributed by atoms with Gasteiger partial charge in [0.1, 0.15) is 0 Å². The fraction of sp³-hybridized carbons (Fsp3) is 0.0455. The highest BCUT2D eigenvalue weighted by Gasteiger charge is 2.17. The summed E-state index contributed by atoms with van der Waals surface area (Å²) in [6.07, 6.45) is 7.48. The van der Waals surface area contributed by atoms with Gasteiger partial charge in [-0.2, -0.15) is 0 Å². The molecule has 0 aliphatic rings. The largest absolute Gasteiger partial charge is 0.309 e. The number of pyridine rings is 4. The summed E-state index contributed by atoms with van der Waals surface area (Å²) in [6.45, 7) is 4.11. The van der Waals surface area contributed by atoms with Crippen molar-refractivity contribution in [2.24, 2.45) is 0 Å². The van der Waals surface area contributed by atoms with E-state index < -0.39 is 0 Å². The number of para-hydroxylation sites is 1. The van der Waals surface area contributed by atoms with Crippen LogP contribution in [0.3, 0.4) is 0 Å². The fourth-order valence-electron chi connectivity index (χ4n) is 6.90. The van der Waals surface area contributed by atoms with Crippen molar-refractivity contribution in [3.8, 4) is 50.7 Å². The second kappa shape index (κ2) is 11.7. The lowest BCUT2D eigenvalue weighted by Gasteiger charge is -2.12. The van der Waals surface area contributed by atoms with Gasteiger partial charge in [0.05, 0.1) is 33.8 Å². The van der Waals surface area contributed by atoms with Crippen molar-refractivity contribution in [2.75, 3.05) is 0 Å². The summed E-state index contributed by atoms with van der Waals surface area (Å²) in [7, 11) is 0. The molecule has 9 rings (SSSR count). The number of benzene rings is 4. The van der Waals surface area contributed by atoms with Crippen LogP contribution in [-0.4, -0.2) is 24.5 Å². The minimum absolute atomic E-state index is 0.912. The van der Waals surface area contributed by atoms with E-state index in [1.165, 1.54) is 21.7 Å². The quantitative estimate of drug-likeness (QED) is 0.190. The second-order valence-electron chi connectivity index (χ2n) is 12.6. The molecule has 9 aromatic rings. The molecule has 5 heteroatoms. The molecule has 49 heavy (non-hydrogen) atoms. The lowest BCUT2D eigenvalue weighted by molar-refractivity contribution is 1.19. The molecule has 4 aromatic carbocycles. The molecule has 0 fully saturated rings. The maximum Gasteiger partial charge on any atom is 0.0725 e. The smallest absolute Gasteiger partial charge is 0.0725 e. The van der Waals surface area contributed by atoms with Crippen molar-refractivity contribution >= 4 is 32.6 Å². The summed E-state index contributed by atoms with van der Waals surface area (Å²) in [5, 5.41) is 4.77. The molecule has 0 aliphatic heterocycles. The van der Waals surface area contributed by atoms with Crippen LogP contribution in [0.1, 0.15) is 11.1 Å². The number of hydrogen-bond donors (Lipinski definition) is 0. The molecule has 0 aliphatic carbocycles. The van der Waals surface area contributed by atoms with Crippen molar-refractivity contribution in [3.63, 3.8) is 0 Å². The van der Waals surface area contributed by atoms with Gasteiger partial charge in [0, 0.05) is 68.9 Å². The Kier molecular flexibility index (Phi) is 6.83. The first kappa shape index (κ1) is 28.7. The molecule has 0 amide bonds. The molecule has 0 unspecified atom stereocenters. The third-order valence-electron chi connectivity index (χ3n) is 9.19. The molecule has 232 valence electrons. The first-order chi connectivity index (χ1) is 24.1. The van der Waals surface area contributed by atoms with E-state index in [1.54, 1.807) is 0 Å². The maximum absolute atomic E-state index is 5.08. The summed E-state index contributed by atoms with van der Waals surface area (Å²) >= 11 is 0. The molecule has 0 radical (unpaired) electrons. The van der Waals surface area contributed by atoms with Crippen LogP contribution in [0, 0.1) is 13.8 Å². The van der Waals surface area contributed by atoms with Crippen LogP contribution in [0.2, 0.25) is 0 Å². The van der Waals surface area contributed by atoms with E-state index in [1.807, 2.05) is 36.9 Å². The van der Waals surface area contributed by atoms with Crippen LogP contribution in [-0.2, 0) is 0 Å². The Morgan fingerprint density at radius 2 is 0.980 bits per heavy atom. The van der Waals surface area contributed by atoms with Gasteiger partial charge in [-0.15, -0.1) is 0 Å². The van der Waals surface area contributed by atoms with E-state index in [9.17, 15) is 0 Å². The molecule has 0 spiro atoms. The number of rotatable bonds is 5. The van der Waals surface area contributed by atoms with E-state index in [-0.39, 0.29) is 0 Å². The second-order valence-corrected chi connectivity index (χ2v) is 12.6. The Morgan fingerprint density at radius 3 is 1.59 bits per heavy atom. The zero-order valence-electron chi connectivity index (χ0n) is 27.2. The molecule has 0 saturated heterocycles. The minimum Gasteiger partial charge on any atom is -0.309 e. The van der Waals surface area contributed by atoms with Crippen molar-refractivity contribution in [3.05, 3.63) is 163 Å².